The summed E-state index contributed by atoms with van der Waals surface area (Å²) in [5.41, 5.74) is 9.99. The van der Waals surface area contributed by atoms with Crippen molar-refractivity contribution in [3.05, 3.63) is 87.9 Å². The average Bonchev–Trinajstić information content (AvgIpc) is 2.77. The van der Waals surface area contributed by atoms with Gasteiger partial charge in [0.1, 0.15) is 11.6 Å². The van der Waals surface area contributed by atoms with Crippen molar-refractivity contribution >= 4 is 35.0 Å². The topological polar surface area (TPSA) is 98.5 Å². The number of nitriles is 2. The van der Waals surface area contributed by atoms with Crippen LogP contribution in [0.4, 0.5) is 5.69 Å². The number of thioether (sulfide) groups is 1. The third-order valence-corrected chi connectivity index (χ3v) is 5.75. The highest BCUT2D eigenvalue weighted by Crippen LogP contribution is 2.28. The second-order valence-corrected chi connectivity index (χ2v) is 7.90. The molecule has 0 saturated heterocycles. The van der Waals surface area contributed by atoms with Crippen LogP contribution in [0.25, 0.3) is 4.91 Å². The number of hydrogen-bond acceptors (Lipinski definition) is 7. The Hall–Kier alpha value is -3.13. The van der Waals surface area contributed by atoms with Gasteiger partial charge in [-0.3, -0.25) is 4.98 Å². The van der Waals surface area contributed by atoms with Crippen molar-refractivity contribution in [1.29, 1.82) is 10.5 Å². The van der Waals surface area contributed by atoms with Crippen LogP contribution < -0.4 is 11.1 Å². The van der Waals surface area contributed by atoms with Crippen LogP contribution in [0.5, 0.6) is 0 Å². The second-order valence-electron chi connectivity index (χ2n) is 6.31. The first-order valence-corrected chi connectivity index (χ1v) is 10.7. The molecule has 3 N–H and O–H groups in total. The molecule has 0 fully saturated rings. The highest BCUT2D eigenvalue weighted by molar-refractivity contribution is 8.08. The van der Waals surface area contributed by atoms with Crippen molar-refractivity contribution in [3.63, 3.8) is 0 Å². The third kappa shape index (κ3) is 6.45. The lowest BCUT2D eigenvalue weighted by atomic mass is 10.1. The number of nitrogens with one attached hydrogen (secondary N) is 1. The van der Waals surface area contributed by atoms with E-state index in [9.17, 15) is 5.26 Å². The van der Waals surface area contributed by atoms with Crippen molar-refractivity contribution in [2.75, 3.05) is 11.1 Å². The summed E-state index contributed by atoms with van der Waals surface area (Å²) in [5, 5.41) is 22.0. The van der Waals surface area contributed by atoms with Gasteiger partial charge in [-0.05, 0) is 56.2 Å². The Morgan fingerprint density at radius 2 is 2.07 bits per heavy atom. The molecule has 0 spiro atoms. The SMILES string of the molecule is C/C=C(\SCC/C(C)=C(N)/C(C#N)=C(\S)Nc1cccc(C#N)c1)c1ccccn1. The van der Waals surface area contributed by atoms with Crippen molar-refractivity contribution in [1.82, 2.24) is 4.98 Å². The number of rotatable bonds is 8. The summed E-state index contributed by atoms with van der Waals surface area (Å²) in [6, 6.07) is 17.0. The zero-order valence-corrected chi connectivity index (χ0v) is 18.6. The number of nitrogens with zero attached hydrogens (tertiary/aromatic N) is 3. The molecule has 152 valence electrons. The van der Waals surface area contributed by atoms with Crippen LogP contribution in [-0.2, 0) is 0 Å². The summed E-state index contributed by atoms with van der Waals surface area (Å²) in [7, 11) is 0. The minimum atomic E-state index is 0.277. The second kappa shape index (κ2) is 11.8. The van der Waals surface area contributed by atoms with Crippen LogP contribution in [0.2, 0.25) is 0 Å². The molecule has 0 aliphatic heterocycles. The fraction of sp³-hybridized carbons (Fsp3) is 0.174. The lowest BCUT2D eigenvalue weighted by Gasteiger charge is -2.12. The van der Waals surface area contributed by atoms with Gasteiger partial charge in [0.05, 0.1) is 28.1 Å². The first-order chi connectivity index (χ1) is 14.5. The summed E-state index contributed by atoms with van der Waals surface area (Å²) in [6.07, 6.45) is 4.54. The summed E-state index contributed by atoms with van der Waals surface area (Å²) in [4.78, 5) is 5.49. The molecule has 1 aromatic carbocycles. The molecule has 1 aromatic heterocycles. The van der Waals surface area contributed by atoms with E-state index < -0.39 is 0 Å². The maximum absolute atomic E-state index is 9.61. The monoisotopic (exact) mass is 433 g/mol. The lowest BCUT2D eigenvalue weighted by Crippen LogP contribution is -2.09. The minimum Gasteiger partial charge on any atom is -0.398 e. The predicted octanol–water partition coefficient (Wildman–Crippen LogP) is 5.45. The first-order valence-electron chi connectivity index (χ1n) is 9.26. The van der Waals surface area contributed by atoms with Crippen molar-refractivity contribution in [2.24, 2.45) is 5.73 Å². The Kier molecular flexibility index (Phi) is 9.08. The number of thiol groups is 1. The maximum Gasteiger partial charge on any atom is 0.105 e. The number of hydrogen-bond donors (Lipinski definition) is 3. The molecule has 0 amide bonds. The molecule has 0 atom stereocenters. The van der Waals surface area contributed by atoms with Crippen LogP contribution >= 0.6 is 24.4 Å². The first kappa shape index (κ1) is 23.2. The van der Waals surface area contributed by atoms with Gasteiger partial charge >= 0.3 is 0 Å². The zero-order chi connectivity index (χ0) is 21.9. The minimum absolute atomic E-state index is 0.277. The average molecular weight is 434 g/mol. The Labute approximate surface area is 187 Å². The van der Waals surface area contributed by atoms with E-state index in [0.29, 0.717) is 22.0 Å². The number of nitrogens with two attached hydrogens (primary N) is 1. The summed E-state index contributed by atoms with van der Waals surface area (Å²) in [6.45, 7) is 3.91. The maximum atomic E-state index is 9.61. The van der Waals surface area contributed by atoms with Gasteiger partial charge in [0.15, 0.2) is 0 Å². The van der Waals surface area contributed by atoms with E-state index in [1.807, 2.05) is 38.1 Å². The summed E-state index contributed by atoms with van der Waals surface area (Å²) >= 11 is 6.13. The largest absolute Gasteiger partial charge is 0.398 e. The molecule has 0 unspecified atom stereocenters. The number of benzene rings is 1. The van der Waals surface area contributed by atoms with Gasteiger partial charge in [0, 0.05) is 22.5 Å². The molecule has 2 aromatic rings. The van der Waals surface area contributed by atoms with E-state index in [-0.39, 0.29) is 5.57 Å². The van der Waals surface area contributed by atoms with Crippen LogP contribution in [0, 0.1) is 22.7 Å². The Bertz CT molecular complexity index is 1060. The van der Waals surface area contributed by atoms with Gasteiger partial charge in [-0.2, -0.15) is 10.5 Å². The van der Waals surface area contributed by atoms with Gasteiger partial charge < -0.3 is 11.1 Å². The van der Waals surface area contributed by atoms with Gasteiger partial charge in [-0.1, -0.05) is 18.2 Å². The van der Waals surface area contributed by atoms with E-state index in [2.05, 4.69) is 35.1 Å². The molecule has 2 rings (SSSR count). The van der Waals surface area contributed by atoms with E-state index in [1.165, 1.54) is 0 Å². The van der Waals surface area contributed by atoms with Crippen LogP contribution in [0.1, 0.15) is 31.5 Å². The van der Waals surface area contributed by atoms with E-state index in [4.69, 9.17) is 11.0 Å². The fourth-order valence-corrected chi connectivity index (χ4v) is 3.95. The van der Waals surface area contributed by atoms with Crippen LogP contribution in [0.15, 0.2) is 76.6 Å². The predicted molar refractivity (Wildman–Crippen MR) is 128 cm³/mol. The smallest absolute Gasteiger partial charge is 0.105 e. The highest BCUT2D eigenvalue weighted by Gasteiger charge is 2.11. The van der Waals surface area contributed by atoms with E-state index in [1.54, 1.807) is 42.2 Å². The molecular formula is C23H23N5S2. The fourth-order valence-electron chi connectivity index (χ4n) is 2.58. The van der Waals surface area contributed by atoms with Crippen LogP contribution in [0.3, 0.4) is 0 Å². The molecule has 5 nitrogen and oxygen atoms in total. The molecular weight excluding hydrogens is 410 g/mol. The van der Waals surface area contributed by atoms with E-state index in [0.717, 1.165) is 28.3 Å². The molecule has 0 aliphatic rings. The Morgan fingerprint density at radius 3 is 2.70 bits per heavy atom. The zero-order valence-electron chi connectivity index (χ0n) is 16.9. The molecule has 0 saturated carbocycles. The van der Waals surface area contributed by atoms with Crippen molar-refractivity contribution < 1.29 is 0 Å². The summed E-state index contributed by atoms with van der Waals surface area (Å²) < 4.78 is 0. The third-order valence-electron chi connectivity index (χ3n) is 4.25. The molecule has 30 heavy (non-hydrogen) atoms. The Balaban J connectivity index is 2.10. The Morgan fingerprint density at radius 1 is 1.27 bits per heavy atom. The standard InChI is InChI=1S/C23H23N5S2/c1-3-21(20-9-4-5-11-27-20)30-12-10-16(2)22(26)19(15-25)23(29)28-18-8-6-7-17(13-18)14-24/h3-9,11,13,28-29H,10,12,26H2,1-2H3/b21-3-,22-16-,23-19-. The van der Waals surface area contributed by atoms with Gasteiger partial charge in [-0.25, -0.2) is 0 Å². The van der Waals surface area contributed by atoms with Gasteiger partial charge in [-0.15, -0.1) is 24.4 Å². The normalized spacial score (nSPS) is 12.9. The molecule has 0 radical (unpaired) electrons. The number of aromatic nitrogens is 1. The van der Waals surface area contributed by atoms with Crippen molar-refractivity contribution in [2.45, 2.75) is 20.3 Å². The highest BCUT2D eigenvalue weighted by atomic mass is 32.2. The number of pyridine rings is 1. The van der Waals surface area contributed by atoms with E-state index >= 15 is 0 Å². The molecule has 0 aliphatic carbocycles. The lowest BCUT2D eigenvalue weighted by molar-refractivity contribution is 1.06. The van der Waals surface area contributed by atoms with Crippen LogP contribution in [-0.4, -0.2) is 10.7 Å². The number of anilines is 1. The molecule has 7 heteroatoms. The molecule has 1 heterocycles. The number of allylic oxidation sites excluding steroid dienone is 3. The molecule has 0 bridgehead atoms. The van der Waals surface area contributed by atoms with Crippen molar-refractivity contribution in [3.8, 4) is 12.1 Å². The quantitative estimate of drug-likeness (QED) is 0.291. The van der Waals surface area contributed by atoms with Gasteiger partial charge in [0.2, 0.25) is 0 Å². The van der Waals surface area contributed by atoms with Gasteiger partial charge in [0.25, 0.3) is 0 Å². The summed E-state index contributed by atoms with van der Waals surface area (Å²) in [5.74, 6) is 0.807.